The second-order valence-electron chi connectivity index (χ2n) is 9.51. The summed E-state index contributed by atoms with van der Waals surface area (Å²) < 4.78 is 30.6. The average molecular weight is 492 g/mol. The summed E-state index contributed by atoms with van der Waals surface area (Å²) in [4.78, 5) is 6.83. The Kier molecular flexibility index (Phi) is 6.77. The molecule has 0 amide bonds. The van der Waals surface area contributed by atoms with E-state index in [-0.39, 0.29) is 11.9 Å². The van der Waals surface area contributed by atoms with Crippen molar-refractivity contribution in [3.8, 4) is 5.69 Å². The first-order valence-electron chi connectivity index (χ1n) is 12.0. The lowest BCUT2D eigenvalue weighted by molar-refractivity contribution is 0.107. The Hall–Kier alpha value is -2.94. The predicted octanol–water partition coefficient (Wildman–Crippen LogP) is 4.91. The number of pyridine rings is 1. The van der Waals surface area contributed by atoms with Crippen LogP contribution in [0, 0.1) is 18.7 Å². The Morgan fingerprint density at radius 3 is 2.63 bits per heavy atom. The normalized spacial score (nSPS) is 18.4. The highest BCUT2D eigenvalue weighted by atomic mass is 32.2. The van der Waals surface area contributed by atoms with E-state index in [4.69, 9.17) is 0 Å². The molecule has 0 saturated carbocycles. The Morgan fingerprint density at radius 2 is 1.91 bits per heavy atom. The van der Waals surface area contributed by atoms with Crippen LogP contribution in [0.4, 0.5) is 4.39 Å². The van der Waals surface area contributed by atoms with E-state index >= 15 is 0 Å². The number of halogens is 1. The van der Waals surface area contributed by atoms with Gasteiger partial charge in [-0.1, -0.05) is 19.9 Å². The Balaban J connectivity index is 1.50. The Bertz CT molecular complexity index is 1340. The number of nitrogens with zero attached hydrogens (tertiary/aromatic N) is 5. The fourth-order valence-corrected chi connectivity index (χ4v) is 5.99. The first kappa shape index (κ1) is 23.8. The lowest BCUT2D eigenvalue weighted by atomic mass is 9.96. The second-order valence-corrected chi connectivity index (χ2v) is 10.9. The lowest BCUT2D eigenvalue weighted by Gasteiger charge is -2.42. The van der Waals surface area contributed by atoms with Crippen molar-refractivity contribution in [2.45, 2.75) is 31.8 Å². The van der Waals surface area contributed by atoms with Crippen molar-refractivity contribution in [1.29, 1.82) is 0 Å². The van der Waals surface area contributed by atoms with Gasteiger partial charge in [-0.15, -0.1) is 0 Å². The van der Waals surface area contributed by atoms with Crippen LogP contribution < -0.4 is 0 Å². The molecule has 5 rings (SSSR count). The molecule has 2 atom stereocenters. The van der Waals surface area contributed by atoms with Crippen molar-refractivity contribution in [2.24, 2.45) is 5.92 Å². The third-order valence-electron chi connectivity index (χ3n) is 6.49. The smallest absolute Gasteiger partial charge is 0.146 e. The van der Waals surface area contributed by atoms with Crippen LogP contribution in [0.1, 0.15) is 31.0 Å². The van der Waals surface area contributed by atoms with Gasteiger partial charge in [-0.2, -0.15) is 5.10 Å². The van der Waals surface area contributed by atoms with Gasteiger partial charge in [0.15, 0.2) is 0 Å². The van der Waals surface area contributed by atoms with E-state index in [9.17, 15) is 8.60 Å². The molecule has 35 heavy (non-hydrogen) atoms. The molecule has 2 aromatic heterocycles. The highest BCUT2D eigenvalue weighted by Gasteiger charge is 2.33. The first-order valence-corrected chi connectivity index (χ1v) is 13.1. The van der Waals surface area contributed by atoms with Gasteiger partial charge in [0.05, 0.1) is 17.4 Å². The molecule has 0 bridgehead atoms. The van der Waals surface area contributed by atoms with E-state index in [0.717, 1.165) is 41.8 Å². The average Bonchev–Trinajstić information content (AvgIpc) is 3.26. The van der Waals surface area contributed by atoms with Gasteiger partial charge in [-0.25, -0.2) is 22.6 Å². The molecule has 2 unspecified atom stereocenters. The molecule has 8 heteroatoms. The number of rotatable bonds is 6. The summed E-state index contributed by atoms with van der Waals surface area (Å²) >= 11 is 0. The molecule has 3 heterocycles. The number of hydrogen-bond acceptors (Lipinski definition) is 4. The molecule has 4 aromatic rings. The van der Waals surface area contributed by atoms with Gasteiger partial charge >= 0.3 is 0 Å². The van der Waals surface area contributed by atoms with E-state index in [2.05, 4.69) is 47.9 Å². The minimum absolute atomic E-state index is 0.109. The third kappa shape index (κ3) is 4.91. The number of piperazine rings is 1. The molecule has 0 aliphatic carbocycles. The third-order valence-corrected chi connectivity index (χ3v) is 7.89. The highest BCUT2D eigenvalue weighted by molar-refractivity contribution is 7.82. The predicted molar refractivity (Wildman–Crippen MR) is 137 cm³/mol. The standard InChI is InChI=1S/C27H30FN5OS/c1-19(2)17-31-12-13-32(35(34)27-6-4-5-11-29-27)18-26(31)24-15-21-16-30-33(25(21)14-20(24)3)23-9-7-22(28)8-10-23/h4-11,14-16,19,26H,12-13,17-18H2,1-3H3. The van der Waals surface area contributed by atoms with Gasteiger partial charge in [-0.3, -0.25) is 4.90 Å². The van der Waals surface area contributed by atoms with Crippen molar-refractivity contribution < 1.29 is 8.60 Å². The zero-order valence-electron chi connectivity index (χ0n) is 20.3. The van der Waals surface area contributed by atoms with Crippen molar-refractivity contribution in [3.63, 3.8) is 0 Å². The van der Waals surface area contributed by atoms with Crippen molar-refractivity contribution in [3.05, 3.63) is 83.9 Å². The molecule has 1 fully saturated rings. The summed E-state index contributed by atoms with van der Waals surface area (Å²) in [5.41, 5.74) is 4.19. The molecule has 1 aliphatic heterocycles. The maximum Gasteiger partial charge on any atom is 0.146 e. The van der Waals surface area contributed by atoms with Crippen LogP contribution in [-0.4, -0.2) is 54.4 Å². The number of aryl methyl sites for hydroxylation is 1. The fourth-order valence-electron chi connectivity index (χ4n) is 4.85. The van der Waals surface area contributed by atoms with E-state index in [1.807, 2.05) is 33.4 Å². The van der Waals surface area contributed by atoms with Gasteiger partial charge in [0.2, 0.25) is 0 Å². The zero-order valence-corrected chi connectivity index (χ0v) is 21.1. The molecule has 0 radical (unpaired) electrons. The highest BCUT2D eigenvalue weighted by Crippen LogP contribution is 2.33. The quantitative estimate of drug-likeness (QED) is 0.385. The summed E-state index contributed by atoms with van der Waals surface area (Å²) in [7, 11) is -1.30. The van der Waals surface area contributed by atoms with Crippen LogP contribution in [0.3, 0.4) is 0 Å². The Labute approximate surface area is 208 Å². The molecule has 0 N–H and O–H groups in total. The molecule has 182 valence electrons. The molecule has 1 aliphatic rings. The van der Waals surface area contributed by atoms with Gasteiger partial charge in [0, 0.05) is 43.8 Å². The summed E-state index contributed by atoms with van der Waals surface area (Å²) in [6.45, 7) is 9.80. The summed E-state index contributed by atoms with van der Waals surface area (Å²) in [6, 6.07) is 16.4. The zero-order chi connectivity index (χ0) is 24.5. The molecule has 2 aromatic carbocycles. The van der Waals surface area contributed by atoms with Gasteiger partial charge in [-0.05, 0) is 72.5 Å². The Morgan fingerprint density at radius 1 is 1.11 bits per heavy atom. The van der Waals surface area contributed by atoms with Gasteiger partial charge in [0.1, 0.15) is 21.8 Å². The number of fused-ring (bicyclic) bond motifs is 1. The van der Waals surface area contributed by atoms with Crippen LogP contribution in [0.5, 0.6) is 0 Å². The fraction of sp³-hybridized carbons (Fsp3) is 0.333. The molecular formula is C27H30FN5OS. The summed E-state index contributed by atoms with van der Waals surface area (Å²) in [5.74, 6) is 0.259. The van der Waals surface area contributed by atoms with E-state index in [0.29, 0.717) is 17.5 Å². The summed E-state index contributed by atoms with van der Waals surface area (Å²) in [5, 5.41) is 6.21. The second kappa shape index (κ2) is 9.97. The largest absolute Gasteiger partial charge is 0.293 e. The monoisotopic (exact) mass is 491 g/mol. The van der Waals surface area contributed by atoms with Gasteiger partial charge in [0.25, 0.3) is 0 Å². The molecular weight excluding hydrogens is 461 g/mol. The SMILES string of the molecule is Cc1cc2c(cnn2-c2ccc(F)cc2)cc1C1CN(S(=O)c2ccccn2)CCN1CC(C)C. The van der Waals surface area contributed by atoms with Crippen molar-refractivity contribution in [2.75, 3.05) is 26.2 Å². The number of aromatic nitrogens is 3. The number of benzene rings is 2. The van der Waals surface area contributed by atoms with Crippen molar-refractivity contribution in [1.82, 2.24) is 24.0 Å². The maximum absolute atomic E-state index is 13.4. The van der Waals surface area contributed by atoms with Crippen LogP contribution >= 0.6 is 0 Å². The minimum Gasteiger partial charge on any atom is -0.293 e. The molecule has 1 saturated heterocycles. The van der Waals surface area contributed by atoms with Crippen LogP contribution in [0.2, 0.25) is 0 Å². The lowest BCUT2D eigenvalue weighted by Crippen LogP contribution is -2.50. The molecule has 0 spiro atoms. The minimum atomic E-state index is -1.30. The maximum atomic E-state index is 13.4. The number of hydrogen-bond donors (Lipinski definition) is 0. The first-order chi connectivity index (χ1) is 16.9. The van der Waals surface area contributed by atoms with Crippen molar-refractivity contribution >= 4 is 21.9 Å². The van der Waals surface area contributed by atoms with Gasteiger partial charge < -0.3 is 0 Å². The van der Waals surface area contributed by atoms with E-state index in [1.165, 1.54) is 17.7 Å². The summed E-state index contributed by atoms with van der Waals surface area (Å²) in [6.07, 6.45) is 3.55. The molecule has 6 nitrogen and oxygen atoms in total. The van der Waals surface area contributed by atoms with Crippen LogP contribution in [0.25, 0.3) is 16.6 Å². The van der Waals surface area contributed by atoms with Crippen LogP contribution in [-0.2, 0) is 11.0 Å². The van der Waals surface area contributed by atoms with E-state index < -0.39 is 11.0 Å². The van der Waals surface area contributed by atoms with Crippen LogP contribution in [0.15, 0.2) is 72.0 Å². The topological polar surface area (TPSA) is 54.3 Å². The van der Waals surface area contributed by atoms with E-state index in [1.54, 1.807) is 18.3 Å².